The van der Waals surface area contributed by atoms with Gasteiger partial charge in [0.25, 0.3) is 5.91 Å². The Labute approximate surface area is 130 Å². The molecule has 1 aromatic carbocycles. The lowest BCUT2D eigenvalue weighted by Gasteiger charge is -2.29. The Kier molecular flexibility index (Phi) is 4.43. The topological polar surface area (TPSA) is 55.8 Å². The third-order valence-corrected chi connectivity index (χ3v) is 4.21. The van der Waals surface area contributed by atoms with E-state index in [0.29, 0.717) is 38.5 Å². The van der Waals surface area contributed by atoms with Gasteiger partial charge in [-0.2, -0.15) is 0 Å². The Morgan fingerprint density at radius 3 is 2.82 bits per heavy atom. The van der Waals surface area contributed by atoms with Gasteiger partial charge in [-0.05, 0) is 43.5 Å². The third kappa shape index (κ3) is 3.14. The Balaban J connectivity index is 1.67. The van der Waals surface area contributed by atoms with Gasteiger partial charge in [0.15, 0.2) is 11.9 Å². The van der Waals surface area contributed by atoms with E-state index in [1.54, 1.807) is 17.9 Å². The molecule has 0 saturated carbocycles. The average molecular weight is 303 g/mol. The number of ketones is 1. The van der Waals surface area contributed by atoms with E-state index in [2.05, 4.69) is 0 Å². The minimum Gasteiger partial charge on any atom is -0.481 e. The summed E-state index contributed by atoms with van der Waals surface area (Å²) in [6.45, 7) is 4.16. The van der Waals surface area contributed by atoms with Gasteiger partial charge in [0.05, 0.1) is 13.2 Å². The Bertz CT molecular complexity index is 578. The van der Waals surface area contributed by atoms with Crippen LogP contribution in [0.15, 0.2) is 18.2 Å². The summed E-state index contributed by atoms with van der Waals surface area (Å²) >= 11 is 0. The van der Waals surface area contributed by atoms with Gasteiger partial charge < -0.3 is 14.4 Å². The number of carbonyl (C=O) groups is 2. The molecule has 1 aromatic rings. The summed E-state index contributed by atoms with van der Waals surface area (Å²) in [6, 6.07) is 5.50. The van der Waals surface area contributed by atoms with Gasteiger partial charge in [0.1, 0.15) is 5.75 Å². The summed E-state index contributed by atoms with van der Waals surface area (Å²) in [5, 5.41) is 0. The maximum absolute atomic E-state index is 12.3. The number of rotatable bonds is 3. The van der Waals surface area contributed by atoms with Gasteiger partial charge in [-0.1, -0.05) is 0 Å². The summed E-state index contributed by atoms with van der Waals surface area (Å²) in [4.78, 5) is 25.9. The van der Waals surface area contributed by atoms with Crippen LogP contribution in [0.1, 0.15) is 35.7 Å². The molecule has 3 rings (SSSR count). The Hall–Kier alpha value is -1.88. The fraction of sp³-hybridized carbons (Fsp3) is 0.529. The molecule has 1 unspecified atom stereocenters. The SMILES string of the molecule is CC(Oc1ccc2c(c1)CCCC2=O)C(=O)N1CCOCC1. The van der Waals surface area contributed by atoms with Crippen molar-refractivity contribution in [3.05, 3.63) is 29.3 Å². The van der Waals surface area contributed by atoms with Gasteiger partial charge in [-0.15, -0.1) is 0 Å². The van der Waals surface area contributed by atoms with Crippen molar-refractivity contribution in [1.29, 1.82) is 0 Å². The standard InChI is InChI=1S/C17H21NO4/c1-12(17(20)18-7-9-21-10-8-18)22-14-5-6-15-13(11-14)3-2-4-16(15)19/h5-6,11-12H,2-4,7-10H2,1H3. The van der Waals surface area contributed by atoms with Crippen LogP contribution in [0.2, 0.25) is 0 Å². The van der Waals surface area contributed by atoms with Gasteiger partial charge in [-0.25, -0.2) is 0 Å². The molecule has 0 radical (unpaired) electrons. The van der Waals surface area contributed by atoms with Crippen molar-refractivity contribution in [2.24, 2.45) is 0 Å². The normalized spacial score (nSPS) is 19.5. The van der Waals surface area contributed by atoms with Crippen LogP contribution in [-0.2, 0) is 16.0 Å². The van der Waals surface area contributed by atoms with Crippen LogP contribution in [0.4, 0.5) is 0 Å². The van der Waals surface area contributed by atoms with Crippen molar-refractivity contribution in [2.45, 2.75) is 32.3 Å². The predicted octanol–water partition coefficient (Wildman–Crippen LogP) is 1.83. The summed E-state index contributed by atoms with van der Waals surface area (Å²) < 4.78 is 11.0. The molecule has 5 nitrogen and oxygen atoms in total. The lowest BCUT2D eigenvalue weighted by molar-refractivity contribution is -0.142. The molecule has 0 N–H and O–H groups in total. The number of amides is 1. The van der Waals surface area contributed by atoms with Crippen LogP contribution in [0.25, 0.3) is 0 Å². The van der Waals surface area contributed by atoms with E-state index < -0.39 is 6.10 Å². The molecule has 1 amide bonds. The van der Waals surface area contributed by atoms with Gasteiger partial charge in [-0.3, -0.25) is 9.59 Å². The average Bonchev–Trinajstić information content (AvgIpc) is 2.55. The molecule has 0 spiro atoms. The predicted molar refractivity (Wildman–Crippen MR) is 81.2 cm³/mol. The molecule has 22 heavy (non-hydrogen) atoms. The molecule has 1 aliphatic carbocycles. The second-order valence-electron chi connectivity index (χ2n) is 5.79. The summed E-state index contributed by atoms with van der Waals surface area (Å²) in [5.41, 5.74) is 1.82. The highest BCUT2D eigenvalue weighted by Crippen LogP contribution is 2.26. The highest BCUT2D eigenvalue weighted by molar-refractivity contribution is 5.98. The first kappa shape index (κ1) is 15.0. The first-order chi connectivity index (χ1) is 10.6. The number of hydrogen-bond donors (Lipinski definition) is 0. The molecule has 1 heterocycles. The summed E-state index contributed by atoms with van der Waals surface area (Å²) in [7, 11) is 0. The van der Waals surface area contributed by atoms with E-state index in [9.17, 15) is 9.59 Å². The van der Waals surface area contributed by atoms with Crippen molar-refractivity contribution in [3.8, 4) is 5.75 Å². The largest absolute Gasteiger partial charge is 0.481 e. The maximum atomic E-state index is 12.3. The van der Waals surface area contributed by atoms with Crippen molar-refractivity contribution >= 4 is 11.7 Å². The summed E-state index contributed by atoms with van der Waals surface area (Å²) in [6.07, 6.45) is 1.87. The van der Waals surface area contributed by atoms with Gasteiger partial charge in [0.2, 0.25) is 0 Å². The van der Waals surface area contributed by atoms with Crippen molar-refractivity contribution in [2.75, 3.05) is 26.3 Å². The maximum Gasteiger partial charge on any atom is 0.263 e. The molecule has 1 aliphatic heterocycles. The Morgan fingerprint density at radius 1 is 1.27 bits per heavy atom. The number of ether oxygens (including phenoxy) is 2. The second-order valence-corrected chi connectivity index (χ2v) is 5.79. The molecule has 1 saturated heterocycles. The van der Waals surface area contributed by atoms with E-state index in [1.807, 2.05) is 12.1 Å². The number of fused-ring (bicyclic) bond motifs is 1. The lowest BCUT2D eigenvalue weighted by atomic mass is 9.90. The zero-order valence-electron chi connectivity index (χ0n) is 12.8. The first-order valence-electron chi connectivity index (χ1n) is 7.84. The zero-order chi connectivity index (χ0) is 15.5. The van der Waals surface area contributed by atoms with Crippen molar-refractivity contribution in [1.82, 2.24) is 4.90 Å². The van der Waals surface area contributed by atoms with Crippen LogP contribution in [0.3, 0.4) is 0 Å². The van der Waals surface area contributed by atoms with Crippen LogP contribution < -0.4 is 4.74 Å². The molecule has 1 atom stereocenters. The zero-order valence-corrected chi connectivity index (χ0v) is 12.8. The molecule has 2 aliphatic rings. The van der Waals surface area contributed by atoms with E-state index in [0.717, 1.165) is 24.0 Å². The molecule has 5 heteroatoms. The number of carbonyl (C=O) groups excluding carboxylic acids is 2. The fourth-order valence-corrected chi connectivity index (χ4v) is 2.99. The minimum atomic E-state index is -0.532. The monoisotopic (exact) mass is 303 g/mol. The fourth-order valence-electron chi connectivity index (χ4n) is 2.99. The number of benzene rings is 1. The van der Waals surface area contributed by atoms with E-state index >= 15 is 0 Å². The number of hydrogen-bond acceptors (Lipinski definition) is 4. The van der Waals surface area contributed by atoms with E-state index in [-0.39, 0.29) is 11.7 Å². The number of aryl methyl sites for hydroxylation is 1. The molecule has 1 fully saturated rings. The third-order valence-electron chi connectivity index (χ3n) is 4.21. The number of morpholine rings is 1. The van der Waals surface area contributed by atoms with Crippen LogP contribution in [-0.4, -0.2) is 49.0 Å². The number of nitrogens with zero attached hydrogens (tertiary/aromatic N) is 1. The van der Waals surface area contributed by atoms with Crippen LogP contribution >= 0.6 is 0 Å². The smallest absolute Gasteiger partial charge is 0.263 e. The molecule has 0 aromatic heterocycles. The van der Waals surface area contributed by atoms with Crippen molar-refractivity contribution in [3.63, 3.8) is 0 Å². The van der Waals surface area contributed by atoms with Gasteiger partial charge in [0, 0.05) is 25.1 Å². The second kappa shape index (κ2) is 6.48. The molecular weight excluding hydrogens is 282 g/mol. The molecule has 118 valence electrons. The van der Waals surface area contributed by atoms with E-state index in [1.165, 1.54) is 0 Å². The van der Waals surface area contributed by atoms with Crippen molar-refractivity contribution < 1.29 is 19.1 Å². The lowest BCUT2D eigenvalue weighted by Crippen LogP contribution is -2.46. The minimum absolute atomic E-state index is 0.0166. The Morgan fingerprint density at radius 2 is 2.05 bits per heavy atom. The summed E-state index contributed by atoms with van der Waals surface area (Å²) in [5.74, 6) is 0.838. The molecular formula is C17H21NO4. The van der Waals surface area contributed by atoms with Gasteiger partial charge >= 0.3 is 0 Å². The quantitative estimate of drug-likeness (QED) is 0.855. The van der Waals surface area contributed by atoms with Crippen LogP contribution in [0, 0.1) is 0 Å². The highest BCUT2D eigenvalue weighted by atomic mass is 16.5. The molecule has 0 bridgehead atoms. The highest BCUT2D eigenvalue weighted by Gasteiger charge is 2.24. The van der Waals surface area contributed by atoms with E-state index in [4.69, 9.17) is 9.47 Å². The number of Topliss-reactive ketones (excluding diaryl/α,β-unsaturated/α-hetero) is 1. The van der Waals surface area contributed by atoms with Crippen LogP contribution in [0.5, 0.6) is 5.75 Å². The first-order valence-corrected chi connectivity index (χ1v) is 7.84.